The summed E-state index contributed by atoms with van der Waals surface area (Å²) < 4.78 is 6.72. The van der Waals surface area contributed by atoms with E-state index in [1.165, 1.54) is 132 Å². The van der Waals surface area contributed by atoms with Gasteiger partial charge in [0.05, 0.1) is 10.8 Å². The van der Waals surface area contributed by atoms with E-state index in [9.17, 15) is 0 Å². The SMILES string of the molecule is CC1(C)c2ccccc2-c2ccc([Si]3(c4cccc(-c5ccc(N(c6cccc(C7(c8ccccc8)c8ccccc8-c8ccccc87)c6)c6ccc7c(c6)C(c6ccccc6)(c6ccccc6)c6ccccc6-7)cc5)c4)c4ccccc4-c4c3ccc3oc5ccccc5c43)cc21. The van der Waals surface area contributed by atoms with Gasteiger partial charge < -0.3 is 9.32 Å². The van der Waals surface area contributed by atoms with E-state index < -0.39 is 18.9 Å². The molecule has 0 saturated heterocycles. The summed E-state index contributed by atoms with van der Waals surface area (Å²) in [7, 11) is -3.13. The Kier molecular flexibility index (Phi) is 12.3. The predicted octanol–water partition coefficient (Wildman–Crippen LogP) is 21.1. The molecule has 0 saturated carbocycles. The minimum atomic E-state index is -3.13. The smallest absolute Gasteiger partial charge is 0.180 e. The number of anilines is 3. The van der Waals surface area contributed by atoms with Crippen LogP contribution in [0.15, 0.2) is 362 Å². The maximum atomic E-state index is 6.72. The summed E-state index contributed by atoms with van der Waals surface area (Å²) in [5.41, 5.74) is 29.1. The van der Waals surface area contributed by atoms with Gasteiger partial charge in [0.25, 0.3) is 0 Å². The number of para-hydroxylation sites is 1. The van der Waals surface area contributed by atoms with Gasteiger partial charge in [-0.3, -0.25) is 0 Å². The van der Waals surface area contributed by atoms with Gasteiger partial charge in [-0.2, -0.15) is 0 Å². The lowest BCUT2D eigenvalue weighted by atomic mass is 9.67. The van der Waals surface area contributed by atoms with Crippen LogP contribution in [0.25, 0.3) is 77.6 Å². The Balaban J connectivity index is 0.793. The standard InChI is InChI=1S/C95H65NOSi/c1-93(2)81-42-18-12-36-73(81)77-55-53-72(61-85(77)93)98(89-47-23-17-41-80(89)92-90(98)57-56-88-91(92)79-40-16-22-46-87(79)97-88)71-35-24-26-63(58-71)62-48-50-68(51-49-62)96(69-34-25-33-67(59-69)95(66-31-10-5-11-32-66)83-44-20-13-37-74(83)75-38-14-21-45-84(75)95)70-52-54-78-76-39-15-19-43-82(76)94(86(78)60-70,64-27-6-3-7-28-64)65-29-8-4-9-30-65/h3-61H,1-2H3. The molecule has 98 heavy (non-hydrogen) atoms. The lowest BCUT2D eigenvalue weighted by molar-refractivity contribution is 0.661. The van der Waals surface area contributed by atoms with Crippen LogP contribution >= 0.6 is 0 Å². The van der Waals surface area contributed by atoms with E-state index in [0.717, 1.165) is 39.2 Å². The quantitative estimate of drug-likeness (QED) is 0.127. The Hall–Kier alpha value is -11.9. The van der Waals surface area contributed by atoms with Gasteiger partial charge in [0.15, 0.2) is 8.07 Å². The van der Waals surface area contributed by atoms with Crippen LogP contribution in [0.3, 0.4) is 0 Å². The fraction of sp³-hybridized carbons (Fsp3) is 0.0526. The minimum Gasteiger partial charge on any atom is -0.456 e. The Morgan fingerprint density at radius 1 is 0.276 bits per heavy atom. The van der Waals surface area contributed by atoms with Gasteiger partial charge in [-0.05, 0) is 181 Å². The molecule has 1 unspecified atom stereocenters. The zero-order valence-corrected chi connectivity index (χ0v) is 55.4. The second kappa shape index (κ2) is 21.3. The highest BCUT2D eigenvalue weighted by atomic mass is 28.3. The number of furan rings is 1. The van der Waals surface area contributed by atoms with E-state index >= 15 is 0 Å². The average molecular weight is 1260 g/mol. The third kappa shape index (κ3) is 7.68. The van der Waals surface area contributed by atoms with Crippen LogP contribution in [-0.4, -0.2) is 8.07 Å². The molecule has 16 aromatic rings. The molecular weight excluding hydrogens is 1200 g/mol. The van der Waals surface area contributed by atoms with Gasteiger partial charge in [0.2, 0.25) is 0 Å². The van der Waals surface area contributed by atoms with Crippen LogP contribution in [-0.2, 0) is 16.2 Å². The second-order valence-corrected chi connectivity index (χ2v) is 31.4. The lowest BCUT2D eigenvalue weighted by Crippen LogP contribution is -2.73. The third-order valence-electron chi connectivity index (χ3n) is 22.7. The van der Waals surface area contributed by atoms with E-state index in [1.54, 1.807) is 0 Å². The molecule has 20 rings (SSSR count). The number of hydrogen-bond donors (Lipinski definition) is 0. The first kappa shape index (κ1) is 56.5. The maximum Gasteiger partial charge on any atom is 0.180 e. The Morgan fingerprint density at radius 3 is 1.41 bits per heavy atom. The Bertz CT molecular complexity index is 5840. The van der Waals surface area contributed by atoms with Crippen LogP contribution in [0, 0.1) is 0 Å². The van der Waals surface area contributed by atoms with E-state index in [0.29, 0.717) is 0 Å². The summed E-state index contributed by atoms with van der Waals surface area (Å²) in [6, 6.07) is 136. The third-order valence-corrected chi connectivity index (χ3v) is 27.5. The first-order valence-corrected chi connectivity index (χ1v) is 36.4. The van der Waals surface area contributed by atoms with E-state index in [-0.39, 0.29) is 5.41 Å². The highest BCUT2D eigenvalue weighted by Crippen LogP contribution is 2.60. The molecule has 0 N–H and O–H groups in total. The molecule has 4 aliphatic rings. The normalized spacial score (nSPS) is 15.7. The van der Waals surface area contributed by atoms with Crippen molar-refractivity contribution in [3.05, 3.63) is 414 Å². The molecule has 460 valence electrons. The van der Waals surface area contributed by atoms with Crippen molar-refractivity contribution < 1.29 is 4.42 Å². The van der Waals surface area contributed by atoms with Gasteiger partial charge in [0, 0.05) is 33.2 Å². The lowest BCUT2D eigenvalue weighted by Gasteiger charge is -2.36. The van der Waals surface area contributed by atoms with Gasteiger partial charge in [-0.15, -0.1) is 0 Å². The molecule has 1 aromatic heterocycles. The van der Waals surface area contributed by atoms with E-state index in [1.807, 2.05) is 0 Å². The molecule has 0 bridgehead atoms. The van der Waals surface area contributed by atoms with Crippen LogP contribution in [0.1, 0.15) is 69.5 Å². The van der Waals surface area contributed by atoms with Crippen molar-refractivity contribution in [2.45, 2.75) is 30.1 Å². The van der Waals surface area contributed by atoms with E-state index in [2.05, 4.69) is 377 Å². The summed E-state index contributed by atoms with van der Waals surface area (Å²) >= 11 is 0. The number of benzene rings is 15. The first-order chi connectivity index (χ1) is 48.4. The summed E-state index contributed by atoms with van der Waals surface area (Å²) in [5, 5.41) is 7.90. The summed E-state index contributed by atoms with van der Waals surface area (Å²) in [5.74, 6) is 0. The number of fused-ring (bicyclic) bond motifs is 16. The van der Waals surface area contributed by atoms with Crippen molar-refractivity contribution in [3.8, 4) is 55.6 Å². The Labute approximate surface area is 572 Å². The molecule has 2 nitrogen and oxygen atoms in total. The highest BCUT2D eigenvalue weighted by Gasteiger charge is 2.52. The topological polar surface area (TPSA) is 16.4 Å². The molecule has 0 fully saturated rings. The molecule has 0 spiro atoms. The number of hydrogen-bond acceptors (Lipinski definition) is 2. The number of rotatable bonds is 10. The molecule has 3 heteroatoms. The molecule has 0 radical (unpaired) electrons. The number of nitrogens with zero attached hydrogens (tertiary/aromatic N) is 1. The molecular formula is C95H65NOSi. The van der Waals surface area contributed by atoms with Crippen molar-refractivity contribution in [2.24, 2.45) is 0 Å². The van der Waals surface area contributed by atoms with Crippen molar-refractivity contribution in [3.63, 3.8) is 0 Å². The van der Waals surface area contributed by atoms with Crippen molar-refractivity contribution in [1.29, 1.82) is 0 Å². The Morgan fingerprint density at radius 2 is 0.755 bits per heavy atom. The summed E-state index contributed by atoms with van der Waals surface area (Å²) in [4.78, 5) is 2.52. The molecule has 2 heterocycles. The summed E-state index contributed by atoms with van der Waals surface area (Å²) in [6.45, 7) is 4.83. The van der Waals surface area contributed by atoms with E-state index in [4.69, 9.17) is 4.42 Å². The highest BCUT2D eigenvalue weighted by molar-refractivity contribution is 7.22. The first-order valence-electron chi connectivity index (χ1n) is 34.4. The average Bonchev–Trinajstić information content (AvgIpc) is 1.52. The van der Waals surface area contributed by atoms with Crippen LogP contribution < -0.4 is 25.6 Å². The largest absolute Gasteiger partial charge is 0.456 e. The summed E-state index contributed by atoms with van der Waals surface area (Å²) in [6.07, 6.45) is 0. The fourth-order valence-electron chi connectivity index (χ4n) is 18.7. The van der Waals surface area contributed by atoms with Gasteiger partial charge in [0.1, 0.15) is 11.2 Å². The molecule has 0 amide bonds. The zero-order valence-electron chi connectivity index (χ0n) is 54.4. The van der Waals surface area contributed by atoms with Crippen molar-refractivity contribution in [1.82, 2.24) is 0 Å². The minimum absolute atomic E-state index is 0.184. The molecule has 1 aliphatic heterocycles. The fourth-order valence-corrected chi connectivity index (χ4v) is 23.9. The van der Waals surface area contributed by atoms with Gasteiger partial charge in [-0.1, -0.05) is 323 Å². The zero-order chi connectivity index (χ0) is 64.9. The molecule has 3 aliphatic carbocycles. The monoisotopic (exact) mass is 1260 g/mol. The predicted molar refractivity (Wildman–Crippen MR) is 409 cm³/mol. The van der Waals surface area contributed by atoms with Crippen molar-refractivity contribution >= 4 is 67.8 Å². The van der Waals surface area contributed by atoms with Crippen molar-refractivity contribution in [2.75, 3.05) is 4.90 Å². The maximum absolute atomic E-state index is 6.72. The van der Waals surface area contributed by atoms with Gasteiger partial charge >= 0.3 is 0 Å². The van der Waals surface area contributed by atoms with Crippen LogP contribution in [0.4, 0.5) is 17.1 Å². The molecule has 15 aromatic carbocycles. The second-order valence-electron chi connectivity index (χ2n) is 27.7. The van der Waals surface area contributed by atoms with Gasteiger partial charge in [-0.25, -0.2) is 0 Å². The van der Waals surface area contributed by atoms with Crippen LogP contribution in [0.2, 0.25) is 0 Å². The van der Waals surface area contributed by atoms with Crippen LogP contribution in [0.5, 0.6) is 0 Å². The molecule has 1 atom stereocenters.